The molecule has 0 bridgehead atoms. The first-order chi connectivity index (χ1) is 9.69. The summed E-state index contributed by atoms with van der Waals surface area (Å²) in [5.41, 5.74) is 3.29. The Morgan fingerprint density at radius 1 is 1.35 bits per heavy atom. The number of benzene rings is 1. The molecule has 0 amide bonds. The monoisotopic (exact) mass is 369 g/mol. The van der Waals surface area contributed by atoms with Gasteiger partial charge in [0.1, 0.15) is 5.82 Å². The Kier molecular flexibility index (Phi) is 4.19. The lowest BCUT2D eigenvalue weighted by Crippen LogP contribution is -2.06. The fourth-order valence-corrected chi connectivity index (χ4v) is 3.79. The lowest BCUT2D eigenvalue weighted by atomic mass is 10.2. The number of aromatic nitrogens is 2. The van der Waals surface area contributed by atoms with Crippen LogP contribution in [0, 0.1) is 0 Å². The van der Waals surface area contributed by atoms with Gasteiger partial charge < -0.3 is 5.32 Å². The second-order valence-electron chi connectivity index (χ2n) is 4.47. The first-order valence-corrected chi connectivity index (χ1v) is 8.68. The summed E-state index contributed by atoms with van der Waals surface area (Å²) in [6.07, 6.45) is 0. The minimum Gasteiger partial charge on any atom is -0.370 e. The highest BCUT2D eigenvalue weighted by Gasteiger charge is 2.20. The number of nitrogens with zero attached hydrogens (tertiary/aromatic N) is 2. The molecule has 1 aliphatic rings. The van der Waals surface area contributed by atoms with Crippen LogP contribution in [0.5, 0.6) is 0 Å². The second-order valence-corrected chi connectivity index (χ2v) is 6.74. The zero-order chi connectivity index (χ0) is 14.1. The molecule has 6 heteroatoms. The summed E-state index contributed by atoms with van der Waals surface area (Å²) in [5, 5.41) is 4.03. The van der Waals surface area contributed by atoms with Gasteiger partial charge >= 0.3 is 0 Å². The number of hydrogen-bond donors (Lipinski definition) is 1. The number of anilines is 1. The summed E-state index contributed by atoms with van der Waals surface area (Å²) in [5.74, 6) is 3.59. The molecule has 0 atom stereocenters. The maximum atomic E-state index is 6.09. The van der Waals surface area contributed by atoms with Crippen LogP contribution >= 0.6 is 39.3 Å². The van der Waals surface area contributed by atoms with Gasteiger partial charge in [0.15, 0.2) is 5.82 Å². The molecule has 0 fully saturated rings. The van der Waals surface area contributed by atoms with Gasteiger partial charge in [-0.3, -0.25) is 0 Å². The zero-order valence-electron chi connectivity index (χ0n) is 10.9. The molecule has 1 N–H and O–H groups in total. The van der Waals surface area contributed by atoms with Crippen molar-refractivity contribution in [1.29, 1.82) is 0 Å². The third-order valence-corrected chi connectivity index (χ3v) is 4.99. The van der Waals surface area contributed by atoms with Crippen LogP contribution in [0.2, 0.25) is 5.02 Å². The van der Waals surface area contributed by atoms with Gasteiger partial charge in [0.25, 0.3) is 0 Å². The van der Waals surface area contributed by atoms with Crippen molar-refractivity contribution >= 4 is 45.1 Å². The van der Waals surface area contributed by atoms with E-state index in [0.717, 1.165) is 45.4 Å². The molecule has 2 aromatic rings. The van der Waals surface area contributed by atoms with Gasteiger partial charge in [-0.25, -0.2) is 9.97 Å². The van der Waals surface area contributed by atoms with Crippen molar-refractivity contribution in [3.63, 3.8) is 0 Å². The van der Waals surface area contributed by atoms with E-state index in [9.17, 15) is 0 Å². The maximum Gasteiger partial charge on any atom is 0.163 e. The van der Waals surface area contributed by atoms with Gasteiger partial charge in [0, 0.05) is 38.7 Å². The van der Waals surface area contributed by atoms with Crippen LogP contribution in [0.15, 0.2) is 22.7 Å². The molecule has 0 radical (unpaired) electrons. The molecule has 0 unspecified atom stereocenters. The van der Waals surface area contributed by atoms with E-state index in [1.54, 1.807) is 0 Å². The number of nitrogens with one attached hydrogen (secondary N) is 1. The van der Waals surface area contributed by atoms with Gasteiger partial charge in [0.05, 0.1) is 5.69 Å². The standard InChI is InChI=1S/C14H13BrClN3S/c1-2-17-13-10-6-20-7-12(10)18-14(19-13)9-5-8(16)3-4-11(9)15/h3-5H,2,6-7H2,1H3,(H,17,18,19). The van der Waals surface area contributed by atoms with Crippen molar-refractivity contribution < 1.29 is 0 Å². The third kappa shape index (κ3) is 2.67. The van der Waals surface area contributed by atoms with Crippen molar-refractivity contribution in [3.05, 3.63) is 39.0 Å². The normalized spacial score (nSPS) is 13.3. The average Bonchev–Trinajstić information content (AvgIpc) is 2.90. The van der Waals surface area contributed by atoms with E-state index in [-0.39, 0.29) is 0 Å². The van der Waals surface area contributed by atoms with Gasteiger partial charge in [-0.05, 0) is 25.1 Å². The highest BCUT2D eigenvalue weighted by molar-refractivity contribution is 9.10. The van der Waals surface area contributed by atoms with Crippen molar-refractivity contribution in [1.82, 2.24) is 9.97 Å². The predicted molar refractivity (Wildman–Crippen MR) is 89.3 cm³/mol. The third-order valence-electron chi connectivity index (χ3n) is 3.09. The minimum atomic E-state index is 0.687. The van der Waals surface area contributed by atoms with E-state index < -0.39 is 0 Å². The Morgan fingerprint density at radius 2 is 2.20 bits per heavy atom. The van der Waals surface area contributed by atoms with Crippen LogP contribution in [0.3, 0.4) is 0 Å². The number of hydrogen-bond acceptors (Lipinski definition) is 4. The molecular weight excluding hydrogens is 358 g/mol. The summed E-state index contributed by atoms with van der Waals surface area (Å²) in [6, 6.07) is 5.67. The van der Waals surface area contributed by atoms with Crippen LogP contribution in [0.1, 0.15) is 18.2 Å². The summed E-state index contributed by atoms with van der Waals surface area (Å²) in [6.45, 7) is 2.93. The molecule has 0 saturated carbocycles. The van der Waals surface area contributed by atoms with Gasteiger partial charge in [-0.1, -0.05) is 27.5 Å². The molecule has 2 heterocycles. The summed E-state index contributed by atoms with van der Waals surface area (Å²) in [7, 11) is 0. The van der Waals surface area contributed by atoms with E-state index in [0.29, 0.717) is 5.02 Å². The molecule has 0 aliphatic carbocycles. The van der Waals surface area contributed by atoms with Crippen LogP contribution in [0.4, 0.5) is 5.82 Å². The van der Waals surface area contributed by atoms with Crippen molar-refractivity contribution in [2.45, 2.75) is 18.4 Å². The summed E-state index contributed by atoms with van der Waals surface area (Å²) in [4.78, 5) is 9.39. The van der Waals surface area contributed by atoms with Crippen LogP contribution < -0.4 is 5.32 Å². The molecule has 3 rings (SSSR count). The van der Waals surface area contributed by atoms with Crippen LogP contribution in [0.25, 0.3) is 11.4 Å². The molecule has 20 heavy (non-hydrogen) atoms. The maximum absolute atomic E-state index is 6.09. The second kappa shape index (κ2) is 5.92. The van der Waals surface area contributed by atoms with Crippen molar-refractivity contribution in [2.24, 2.45) is 0 Å². The predicted octanol–water partition coefficient (Wildman–Crippen LogP) is 4.74. The van der Waals surface area contributed by atoms with Crippen molar-refractivity contribution in [2.75, 3.05) is 11.9 Å². The van der Waals surface area contributed by atoms with Crippen LogP contribution in [-0.2, 0) is 11.5 Å². The van der Waals surface area contributed by atoms with Crippen LogP contribution in [-0.4, -0.2) is 16.5 Å². The average molecular weight is 371 g/mol. The van der Waals surface area contributed by atoms with Gasteiger partial charge in [0.2, 0.25) is 0 Å². The first-order valence-electron chi connectivity index (χ1n) is 6.36. The molecule has 3 nitrogen and oxygen atoms in total. The Labute approximate surface area is 135 Å². The summed E-state index contributed by atoms with van der Waals surface area (Å²) < 4.78 is 0.954. The quantitative estimate of drug-likeness (QED) is 0.847. The Balaban J connectivity index is 2.14. The number of halogens is 2. The van der Waals surface area contributed by atoms with E-state index in [4.69, 9.17) is 16.6 Å². The smallest absolute Gasteiger partial charge is 0.163 e. The Hall–Kier alpha value is -0.780. The van der Waals surface area contributed by atoms with Gasteiger partial charge in [-0.2, -0.15) is 11.8 Å². The fourth-order valence-electron chi connectivity index (χ4n) is 2.15. The molecule has 104 valence electrons. The minimum absolute atomic E-state index is 0.687. The zero-order valence-corrected chi connectivity index (χ0v) is 14.1. The van der Waals surface area contributed by atoms with E-state index in [2.05, 4.69) is 33.2 Å². The Bertz CT molecular complexity index is 663. The highest BCUT2D eigenvalue weighted by Crippen LogP contribution is 2.36. The fraction of sp³-hybridized carbons (Fsp3) is 0.286. The topological polar surface area (TPSA) is 37.8 Å². The van der Waals surface area contributed by atoms with E-state index in [1.807, 2.05) is 30.0 Å². The molecule has 1 aliphatic heterocycles. The number of thioether (sulfide) groups is 1. The molecule has 1 aromatic heterocycles. The highest BCUT2D eigenvalue weighted by atomic mass is 79.9. The molecule has 1 aromatic carbocycles. The van der Waals surface area contributed by atoms with Crippen molar-refractivity contribution in [3.8, 4) is 11.4 Å². The largest absolute Gasteiger partial charge is 0.370 e. The lowest BCUT2D eigenvalue weighted by Gasteiger charge is -2.11. The van der Waals surface area contributed by atoms with Gasteiger partial charge in [-0.15, -0.1) is 0 Å². The first kappa shape index (κ1) is 14.2. The molecule has 0 spiro atoms. The molecular formula is C14H13BrClN3S. The lowest BCUT2D eigenvalue weighted by molar-refractivity contribution is 1.05. The Morgan fingerprint density at radius 3 is 3.00 bits per heavy atom. The van der Waals surface area contributed by atoms with E-state index >= 15 is 0 Å². The number of fused-ring (bicyclic) bond motifs is 1. The number of rotatable bonds is 3. The van der Waals surface area contributed by atoms with E-state index in [1.165, 1.54) is 5.56 Å². The molecule has 0 saturated heterocycles. The SMILES string of the molecule is CCNc1nc(-c2cc(Cl)ccc2Br)nc2c1CSC2. The summed E-state index contributed by atoms with van der Waals surface area (Å²) >= 11 is 11.5.